The van der Waals surface area contributed by atoms with Crippen LogP contribution in [0.3, 0.4) is 0 Å². The second-order valence-corrected chi connectivity index (χ2v) is 8.64. The van der Waals surface area contributed by atoms with Gasteiger partial charge in [-0.3, -0.25) is 13.9 Å². The maximum Gasteiger partial charge on any atom is 0.265 e. The van der Waals surface area contributed by atoms with Gasteiger partial charge in [0.1, 0.15) is 10.9 Å². The summed E-state index contributed by atoms with van der Waals surface area (Å²) >= 11 is 12.4. The Bertz CT molecular complexity index is 1520. The molecule has 5 rings (SSSR count). The quantitative estimate of drug-likeness (QED) is 0.281. The summed E-state index contributed by atoms with van der Waals surface area (Å²) in [6.07, 6.45) is 5.92. The second kappa shape index (κ2) is 8.52. The number of unbranched alkanes of at least 4 members (excludes halogenated alkanes) is 3. The van der Waals surface area contributed by atoms with Crippen LogP contribution in [-0.2, 0) is 6.54 Å². The summed E-state index contributed by atoms with van der Waals surface area (Å²) in [5.41, 5.74) is 3.67. The van der Waals surface area contributed by atoms with E-state index in [9.17, 15) is 4.79 Å². The van der Waals surface area contributed by atoms with Gasteiger partial charge in [-0.25, -0.2) is 15.0 Å². The lowest BCUT2D eigenvalue weighted by Crippen LogP contribution is -2.20. The largest absolute Gasteiger partial charge is 0.299 e. The maximum absolute atomic E-state index is 13.5. The van der Waals surface area contributed by atoms with E-state index in [-0.39, 0.29) is 5.56 Å². The summed E-state index contributed by atoms with van der Waals surface area (Å²) in [7, 11) is 0. The number of hydrogen-bond acceptors (Lipinski definition) is 4. The Balaban J connectivity index is 1.80. The van der Waals surface area contributed by atoms with Crippen LogP contribution in [-0.4, -0.2) is 24.1 Å². The Kier molecular flexibility index (Phi) is 5.57. The number of aryl methyl sites for hydroxylation is 1. The van der Waals surface area contributed by atoms with E-state index in [1.165, 1.54) is 0 Å². The molecule has 0 radical (unpaired) electrons. The fourth-order valence-corrected chi connectivity index (χ4v) is 4.30. The lowest BCUT2D eigenvalue weighted by Gasteiger charge is -2.08. The topological polar surface area (TPSA) is 65.6 Å². The van der Waals surface area contributed by atoms with Crippen molar-refractivity contribution >= 4 is 56.4 Å². The minimum absolute atomic E-state index is 0.111. The van der Waals surface area contributed by atoms with Gasteiger partial charge >= 0.3 is 0 Å². The van der Waals surface area contributed by atoms with Crippen molar-refractivity contribution in [1.29, 1.82) is 0 Å². The Labute approximate surface area is 194 Å². The van der Waals surface area contributed by atoms with Crippen LogP contribution in [0.1, 0.15) is 32.6 Å². The van der Waals surface area contributed by atoms with Crippen molar-refractivity contribution in [2.45, 2.75) is 39.2 Å². The molecule has 162 valence electrons. The number of rotatable bonds is 6. The molecule has 0 amide bonds. The molecule has 0 aliphatic carbocycles. The van der Waals surface area contributed by atoms with Gasteiger partial charge in [0.05, 0.1) is 33.1 Å². The van der Waals surface area contributed by atoms with Gasteiger partial charge in [-0.1, -0.05) is 61.5 Å². The highest BCUT2D eigenvalue weighted by atomic mass is 35.5. The summed E-state index contributed by atoms with van der Waals surface area (Å²) in [5, 5.41) is 1.33. The molecule has 32 heavy (non-hydrogen) atoms. The van der Waals surface area contributed by atoms with Gasteiger partial charge < -0.3 is 0 Å². The zero-order valence-corrected chi connectivity index (χ0v) is 19.1. The maximum atomic E-state index is 13.5. The van der Waals surface area contributed by atoms with Gasteiger partial charge in [0.15, 0.2) is 11.3 Å². The lowest BCUT2D eigenvalue weighted by molar-refractivity contribution is 0.567. The molecule has 0 N–H and O–H groups in total. The highest BCUT2D eigenvalue weighted by molar-refractivity contribution is 6.42. The molecular weight excluding hydrogens is 445 g/mol. The van der Waals surface area contributed by atoms with Crippen LogP contribution in [0.25, 0.3) is 38.9 Å². The smallest absolute Gasteiger partial charge is 0.265 e. The normalized spacial score (nSPS) is 11.7. The Morgan fingerprint density at radius 1 is 0.906 bits per heavy atom. The molecule has 0 spiro atoms. The third-order valence-electron chi connectivity index (χ3n) is 5.64. The first-order valence-corrected chi connectivity index (χ1v) is 11.5. The summed E-state index contributed by atoms with van der Waals surface area (Å²) < 4.78 is 3.50. The van der Waals surface area contributed by atoms with Crippen LogP contribution in [0.4, 0.5) is 0 Å². The lowest BCUT2D eigenvalue weighted by atomic mass is 10.2. The number of hydrogen-bond donors (Lipinski definition) is 0. The van der Waals surface area contributed by atoms with Crippen molar-refractivity contribution in [3.8, 4) is 5.69 Å². The summed E-state index contributed by atoms with van der Waals surface area (Å²) in [4.78, 5) is 27.8. The van der Waals surface area contributed by atoms with Crippen molar-refractivity contribution in [3.63, 3.8) is 0 Å². The molecule has 0 aliphatic rings. The van der Waals surface area contributed by atoms with Crippen LogP contribution in [0.2, 0.25) is 10.0 Å². The SMILES string of the molecule is CCCCCCn1cnc2c(c1=O)c1nc3ccccc3nc1n2-c1ccc(Cl)c(Cl)c1. The Morgan fingerprint density at radius 2 is 1.69 bits per heavy atom. The van der Waals surface area contributed by atoms with E-state index in [2.05, 4.69) is 11.9 Å². The zero-order valence-electron chi connectivity index (χ0n) is 17.6. The first kappa shape index (κ1) is 20.9. The fourth-order valence-electron chi connectivity index (χ4n) is 4.01. The molecule has 0 bridgehead atoms. The average Bonchev–Trinajstić information content (AvgIpc) is 3.12. The predicted octanol–water partition coefficient (Wildman–Crippen LogP) is 6.17. The Hall–Kier alpha value is -2.96. The molecular formula is C24H21Cl2N5O. The highest BCUT2D eigenvalue weighted by Gasteiger charge is 2.21. The summed E-state index contributed by atoms with van der Waals surface area (Å²) in [6, 6.07) is 12.9. The standard InChI is InChI=1S/C24H21Cl2N5O/c1-2-3-4-7-12-30-14-27-22-20(24(30)32)21-23(29-19-9-6-5-8-18(19)28-21)31(22)15-10-11-16(25)17(26)13-15/h5-6,8-11,13-14H,2-4,7,12H2,1H3. The Morgan fingerprint density at radius 3 is 2.44 bits per heavy atom. The number of aromatic nitrogens is 5. The van der Waals surface area contributed by atoms with Crippen molar-refractivity contribution in [1.82, 2.24) is 24.1 Å². The molecule has 0 aliphatic heterocycles. The van der Waals surface area contributed by atoms with Gasteiger partial charge in [0, 0.05) is 6.54 Å². The monoisotopic (exact) mass is 465 g/mol. The van der Waals surface area contributed by atoms with E-state index in [1.54, 1.807) is 23.0 Å². The molecule has 0 saturated heterocycles. The molecule has 6 nitrogen and oxygen atoms in total. The summed E-state index contributed by atoms with van der Waals surface area (Å²) in [6.45, 7) is 2.79. The van der Waals surface area contributed by atoms with Crippen LogP contribution in [0.5, 0.6) is 0 Å². The minimum Gasteiger partial charge on any atom is -0.299 e. The molecule has 8 heteroatoms. The number of benzene rings is 2. The molecule has 0 atom stereocenters. The van der Waals surface area contributed by atoms with Gasteiger partial charge in [-0.05, 0) is 36.8 Å². The van der Waals surface area contributed by atoms with Gasteiger partial charge in [-0.15, -0.1) is 0 Å². The van der Waals surface area contributed by atoms with Crippen LogP contribution in [0, 0.1) is 0 Å². The number of fused-ring (bicyclic) bond motifs is 4. The molecule has 0 unspecified atom stereocenters. The van der Waals surface area contributed by atoms with E-state index in [1.807, 2.05) is 34.9 Å². The van der Waals surface area contributed by atoms with Crippen molar-refractivity contribution in [3.05, 3.63) is 69.2 Å². The van der Waals surface area contributed by atoms with E-state index in [0.29, 0.717) is 38.8 Å². The first-order valence-electron chi connectivity index (χ1n) is 10.7. The molecule has 5 aromatic rings. The molecule has 3 heterocycles. The van der Waals surface area contributed by atoms with Gasteiger partial charge in [0.2, 0.25) is 0 Å². The fraction of sp³-hybridized carbons (Fsp3) is 0.250. The molecule has 2 aromatic carbocycles. The first-order chi connectivity index (χ1) is 15.6. The zero-order chi connectivity index (χ0) is 22.2. The van der Waals surface area contributed by atoms with Crippen molar-refractivity contribution in [2.24, 2.45) is 0 Å². The molecule has 0 fully saturated rings. The van der Waals surface area contributed by atoms with Gasteiger partial charge in [0.25, 0.3) is 5.56 Å². The average molecular weight is 466 g/mol. The molecule has 0 saturated carbocycles. The van der Waals surface area contributed by atoms with Crippen molar-refractivity contribution < 1.29 is 0 Å². The summed E-state index contributed by atoms with van der Waals surface area (Å²) in [5.74, 6) is 0. The minimum atomic E-state index is -0.111. The van der Waals surface area contributed by atoms with Crippen molar-refractivity contribution in [2.75, 3.05) is 0 Å². The third kappa shape index (κ3) is 3.53. The molecule has 3 aromatic heterocycles. The van der Waals surface area contributed by atoms with E-state index < -0.39 is 0 Å². The highest BCUT2D eigenvalue weighted by Crippen LogP contribution is 2.31. The second-order valence-electron chi connectivity index (χ2n) is 7.82. The van der Waals surface area contributed by atoms with E-state index in [0.717, 1.165) is 42.4 Å². The van der Waals surface area contributed by atoms with Gasteiger partial charge in [-0.2, -0.15) is 0 Å². The predicted molar refractivity (Wildman–Crippen MR) is 130 cm³/mol. The van der Waals surface area contributed by atoms with Crippen LogP contribution < -0.4 is 5.56 Å². The third-order valence-corrected chi connectivity index (χ3v) is 6.38. The van der Waals surface area contributed by atoms with Crippen LogP contribution in [0.15, 0.2) is 53.6 Å². The van der Waals surface area contributed by atoms with Crippen LogP contribution >= 0.6 is 23.2 Å². The number of para-hydroxylation sites is 2. The van der Waals surface area contributed by atoms with E-state index >= 15 is 0 Å². The number of halogens is 2. The van der Waals surface area contributed by atoms with E-state index in [4.69, 9.17) is 33.2 Å². The number of nitrogens with zero attached hydrogens (tertiary/aromatic N) is 5.